The predicted molar refractivity (Wildman–Crippen MR) is 112 cm³/mol. The van der Waals surface area contributed by atoms with Gasteiger partial charge >= 0.3 is 0 Å². The topological polar surface area (TPSA) is 52.7 Å². The van der Waals surface area contributed by atoms with Crippen molar-refractivity contribution in [3.8, 4) is 0 Å². The Morgan fingerprint density at radius 2 is 1.76 bits per heavy atom. The Hall–Kier alpha value is -2.99. The molecule has 1 N–H and O–H groups in total. The molecule has 6 heteroatoms. The van der Waals surface area contributed by atoms with Gasteiger partial charge in [-0.1, -0.05) is 54.6 Å². The molecule has 2 amide bonds. The molecule has 1 aliphatic rings. The van der Waals surface area contributed by atoms with E-state index < -0.39 is 0 Å². The predicted octanol–water partition coefficient (Wildman–Crippen LogP) is 2.34. The van der Waals surface area contributed by atoms with Crippen molar-refractivity contribution in [3.63, 3.8) is 0 Å². The molecule has 0 saturated carbocycles. The van der Waals surface area contributed by atoms with Gasteiger partial charge in [-0.15, -0.1) is 0 Å². The number of halogens is 1. The first-order chi connectivity index (χ1) is 14.1. The molecule has 2 aromatic rings. The number of carbonyl (C=O) groups is 2. The molecule has 3 rings (SSSR count). The first-order valence-corrected chi connectivity index (χ1v) is 9.83. The molecule has 1 aliphatic heterocycles. The molecule has 1 heterocycles. The lowest BCUT2D eigenvalue weighted by atomic mass is 10.1. The van der Waals surface area contributed by atoms with Crippen molar-refractivity contribution in [3.05, 3.63) is 77.6 Å². The molecule has 0 atom stereocenters. The maximum atomic E-state index is 13.2. The van der Waals surface area contributed by atoms with E-state index in [-0.39, 0.29) is 30.6 Å². The highest BCUT2D eigenvalue weighted by atomic mass is 19.1. The summed E-state index contributed by atoms with van der Waals surface area (Å²) in [7, 11) is 0. The molecule has 0 spiro atoms. The van der Waals surface area contributed by atoms with Crippen molar-refractivity contribution < 1.29 is 14.0 Å². The van der Waals surface area contributed by atoms with Crippen LogP contribution in [0.4, 0.5) is 4.39 Å². The second-order valence-electron chi connectivity index (χ2n) is 7.08. The Bertz CT molecular complexity index is 846. The summed E-state index contributed by atoms with van der Waals surface area (Å²) in [6, 6.07) is 16.1. The van der Waals surface area contributed by atoms with Gasteiger partial charge in [0.1, 0.15) is 5.82 Å². The van der Waals surface area contributed by atoms with Crippen LogP contribution in [0.3, 0.4) is 0 Å². The minimum atomic E-state index is -0.372. The lowest BCUT2D eigenvalue weighted by Crippen LogP contribution is -2.51. The molecule has 5 nitrogen and oxygen atoms in total. The monoisotopic (exact) mass is 395 g/mol. The molecule has 1 fully saturated rings. The summed E-state index contributed by atoms with van der Waals surface area (Å²) in [6.45, 7) is 3.74. The molecule has 0 bridgehead atoms. The molecule has 0 aliphatic carbocycles. The summed E-state index contributed by atoms with van der Waals surface area (Å²) in [4.78, 5) is 28.4. The third kappa shape index (κ3) is 6.84. The summed E-state index contributed by atoms with van der Waals surface area (Å²) in [5.41, 5.74) is 1.77. The van der Waals surface area contributed by atoms with E-state index in [2.05, 4.69) is 34.5 Å². The fraction of sp³-hybridized carbons (Fsp3) is 0.304. The van der Waals surface area contributed by atoms with Crippen LogP contribution in [0.2, 0.25) is 0 Å². The van der Waals surface area contributed by atoms with Crippen LogP contribution in [0.5, 0.6) is 0 Å². The molecule has 2 aromatic carbocycles. The van der Waals surface area contributed by atoms with Crippen molar-refractivity contribution in [2.24, 2.45) is 0 Å². The van der Waals surface area contributed by atoms with Crippen molar-refractivity contribution in [1.29, 1.82) is 0 Å². The van der Waals surface area contributed by atoms with Crippen LogP contribution >= 0.6 is 0 Å². The largest absolute Gasteiger partial charge is 0.347 e. The van der Waals surface area contributed by atoms with Gasteiger partial charge in [-0.25, -0.2) is 4.39 Å². The van der Waals surface area contributed by atoms with E-state index in [1.54, 1.807) is 17.0 Å². The molecular formula is C23H26FN3O2. The van der Waals surface area contributed by atoms with Gasteiger partial charge in [-0.3, -0.25) is 14.5 Å². The van der Waals surface area contributed by atoms with Crippen LogP contribution in [0.25, 0.3) is 6.08 Å². The zero-order valence-electron chi connectivity index (χ0n) is 16.4. The Morgan fingerprint density at radius 1 is 1.00 bits per heavy atom. The van der Waals surface area contributed by atoms with Crippen molar-refractivity contribution in [2.75, 3.05) is 39.3 Å². The van der Waals surface area contributed by atoms with E-state index in [0.717, 1.165) is 19.6 Å². The number of rotatable bonds is 7. The quantitative estimate of drug-likeness (QED) is 0.783. The maximum absolute atomic E-state index is 13.2. The zero-order chi connectivity index (χ0) is 20.5. The number of nitrogens with zero attached hydrogens (tertiary/aromatic N) is 2. The molecular weight excluding hydrogens is 369 g/mol. The van der Waals surface area contributed by atoms with Gasteiger partial charge in [-0.2, -0.15) is 0 Å². The minimum absolute atomic E-state index is 0.0257. The Labute approximate surface area is 170 Å². The number of amides is 2. The van der Waals surface area contributed by atoms with E-state index in [1.165, 1.54) is 17.7 Å². The molecule has 152 valence electrons. The smallest absolute Gasteiger partial charge is 0.242 e. The van der Waals surface area contributed by atoms with Crippen LogP contribution < -0.4 is 5.32 Å². The first kappa shape index (κ1) is 20.7. The molecule has 1 saturated heterocycles. The van der Waals surface area contributed by atoms with Gasteiger partial charge in [0.15, 0.2) is 0 Å². The Balaban J connectivity index is 1.35. The highest BCUT2D eigenvalue weighted by Crippen LogP contribution is 2.06. The van der Waals surface area contributed by atoms with E-state index in [4.69, 9.17) is 0 Å². The lowest BCUT2D eigenvalue weighted by molar-refractivity contribution is -0.134. The van der Waals surface area contributed by atoms with Gasteiger partial charge in [-0.05, 0) is 23.3 Å². The second kappa shape index (κ2) is 10.5. The van der Waals surface area contributed by atoms with Gasteiger partial charge in [0.2, 0.25) is 11.8 Å². The standard InChI is InChI=1S/C23H26FN3O2/c24-21-10-4-8-20(16-21)17-22(28)25-18-23(29)27-14-12-26(13-15-27)11-5-9-19-6-2-1-3-7-19/h1-10,16H,11-15,17-18H2,(H,25,28)/b9-5+. The second-order valence-corrected chi connectivity index (χ2v) is 7.08. The van der Waals surface area contributed by atoms with Crippen LogP contribution in [-0.2, 0) is 16.0 Å². The summed E-state index contributed by atoms with van der Waals surface area (Å²) in [6.07, 6.45) is 4.30. The number of nitrogens with one attached hydrogen (secondary N) is 1. The van der Waals surface area contributed by atoms with Crippen molar-refractivity contribution in [2.45, 2.75) is 6.42 Å². The Morgan fingerprint density at radius 3 is 2.48 bits per heavy atom. The van der Waals surface area contributed by atoms with E-state index in [0.29, 0.717) is 18.7 Å². The Kier molecular flexibility index (Phi) is 7.53. The van der Waals surface area contributed by atoms with Crippen LogP contribution in [-0.4, -0.2) is 60.9 Å². The highest BCUT2D eigenvalue weighted by Gasteiger charge is 2.20. The number of benzene rings is 2. The SMILES string of the molecule is O=C(Cc1cccc(F)c1)NCC(=O)N1CCN(C/C=C/c2ccccc2)CC1. The summed E-state index contributed by atoms with van der Waals surface area (Å²) in [5.74, 6) is -0.742. The molecule has 0 radical (unpaired) electrons. The van der Waals surface area contributed by atoms with E-state index >= 15 is 0 Å². The molecule has 0 aromatic heterocycles. The molecule has 29 heavy (non-hydrogen) atoms. The van der Waals surface area contributed by atoms with Crippen LogP contribution in [0, 0.1) is 5.82 Å². The first-order valence-electron chi connectivity index (χ1n) is 9.83. The number of hydrogen-bond acceptors (Lipinski definition) is 3. The maximum Gasteiger partial charge on any atom is 0.242 e. The third-order valence-corrected chi connectivity index (χ3v) is 4.89. The minimum Gasteiger partial charge on any atom is -0.347 e. The zero-order valence-corrected chi connectivity index (χ0v) is 16.4. The van der Waals surface area contributed by atoms with Gasteiger partial charge in [0.25, 0.3) is 0 Å². The fourth-order valence-corrected chi connectivity index (χ4v) is 3.26. The van der Waals surface area contributed by atoms with Crippen molar-refractivity contribution in [1.82, 2.24) is 15.1 Å². The van der Waals surface area contributed by atoms with Gasteiger partial charge in [0, 0.05) is 32.7 Å². The van der Waals surface area contributed by atoms with Gasteiger partial charge in [0.05, 0.1) is 13.0 Å². The van der Waals surface area contributed by atoms with Crippen LogP contribution in [0.15, 0.2) is 60.7 Å². The average Bonchev–Trinajstić information content (AvgIpc) is 2.73. The van der Waals surface area contributed by atoms with Gasteiger partial charge < -0.3 is 10.2 Å². The van der Waals surface area contributed by atoms with E-state index in [9.17, 15) is 14.0 Å². The summed E-state index contributed by atoms with van der Waals surface area (Å²) >= 11 is 0. The lowest BCUT2D eigenvalue weighted by Gasteiger charge is -2.34. The van der Waals surface area contributed by atoms with E-state index in [1.807, 2.05) is 18.2 Å². The summed E-state index contributed by atoms with van der Waals surface area (Å²) < 4.78 is 13.2. The third-order valence-electron chi connectivity index (χ3n) is 4.89. The normalized spacial score (nSPS) is 14.9. The highest BCUT2D eigenvalue weighted by molar-refractivity contribution is 5.85. The van der Waals surface area contributed by atoms with Crippen LogP contribution in [0.1, 0.15) is 11.1 Å². The fourth-order valence-electron chi connectivity index (χ4n) is 3.26. The number of carbonyl (C=O) groups excluding carboxylic acids is 2. The number of hydrogen-bond donors (Lipinski definition) is 1. The van der Waals surface area contributed by atoms with Crippen molar-refractivity contribution >= 4 is 17.9 Å². The number of piperazine rings is 1. The average molecular weight is 395 g/mol. The molecule has 0 unspecified atom stereocenters. The summed E-state index contributed by atoms with van der Waals surface area (Å²) in [5, 5.41) is 2.63.